The van der Waals surface area contributed by atoms with Crippen LogP contribution in [0.3, 0.4) is 0 Å². The zero-order valence-corrected chi connectivity index (χ0v) is 11.8. The quantitative estimate of drug-likeness (QED) is 0.808. The summed E-state index contributed by atoms with van der Waals surface area (Å²) in [4.78, 5) is 2.64. The fourth-order valence-corrected chi connectivity index (χ4v) is 3.95. The molecule has 104 valence electrons. The van der Waals surface area contributed by atoms with Crippen molar-refractivity contribution in [3.8, 4) is 0 Å². The van der Waals surface area contributed by atoms with Crippen molar-refractivity contribution in [2.45, 2.75) is 45.1 Å². The lowest BCUT2D eigenvalue weighted by Crippen LogP contribution is -2.36. The number of nitrogens with zero attached hydrogens (tertiary/aromatic N) is 1. The Labute approximate surface area is 111 Å². The van der Waals surface area contributed by atoms with Crippen molar-refractivity contribution < 1.29 is 4.74 Å². The second-order valence-electron chi connectivity index (χ2n) is 6.50. The third-order valence-electron chi connectivity index (χ3n) is 5.37. The van der Waals surface area contributed by atoms with Crippen LogP contribution in [0.5, 0.6) is 0 Å². The van der Waals surface area contributed by atoms with Crippen molar-refractivity contribution in [3.63, 3.8) is 0 Å². The highest BCUT2D eigenvalue weighted by atomic mass is 16.5. The van der Waals surface area contributed by atoms with E-state index in [9.17, 15) is 0 Å². The lowest BCUT2D eigenvalue weighted by Gasteiger charge is -2.27. The van der Waals surface area contributed by atoms with Crippen molar-refractivity contribution in [1.82, 2.24) is 10.2 Å². The third-order valence-corrected chi connectivity index (χ3v) is 5.37. The number of piperidine rings is 1. The maximum Gasteiger partial charge on any atom is 0.0702 e. The van der Waals surface area contributed by atoms with Gasteiger partial charge in [0.15, 0.2) is 0 Å². The normalized spacial score (nSPS) is 34.3. The molecule has 1 N–H and O–H groups in total. The minimum absolute atomic E-state index is 0.521. The maximum absolute atomic E-state index is 5.77. The predicted octanol–water partition coefficient (Wildman–Crippen LogP) is 1.88. The van der Waals surface area contributed by atoms with Gasteiger partial charge >= 0.3 is 0 Å². The van der Waals surface area contributed by atoms with Gasteiger partial charge in [0.05, 0.1) is 6.10 Å². The summed E-state index contributed by atoms with van der Waals surface area (Å²) < 4.78 is 5.77. The molecule has 3 rings (SSSR count). The number of nitrogens with one attached hydrogen (secondary N) is 1. The van der Waals surface area contributed by atoms with Crippen LogP contribution >= 0.6 is 0 Å². The van der Waals surface area contributed by atoms with E-state index in [1.54, 1.807) is 0 Å². The van der Waals surface area contributed by atoms with Crippen molar-refractivity contribution in [1.29, 1.82) is 0 Å². The van der Waals surface area contributed by atoms with E-state index in [2.05, 4.69) is 17.1 Å². The SMILES string of the molecule is CCN(CC1CCCO1)CC1CC12CCNCC2. The molecule has 0 aromatic heterocycles. The van der Waals surface area contributed by atoms with E-state index in [-0.39, 0.29) is 0 Å². The Morgan fingerprint density at radius 1 is 1.28 bits per heavy atom. The topological polar surface area (TPSA) is 24.5 Å². The number of rotatable bonds is 5. The molecule has 3 heteroatoms. The average molecular weight is 252 g/mol. The second kappa shape index (κ2) is 5.48. The van der Waals surface area contributed by atoms with Gasteiger partial charge in [-0.3, -0.25) is 0 Å². The Hall–Kier alpha value is -0.120. The zero-order valence-electron chi connectivity index (χ0n) is 11.8. The Morgan fingerprint density at radius 3 is 2.78 bits per heavy atom. The average Bonchev–Trinajstić information content (AvgIpc) is 2.82. The smallest absolute Gasteiger partial charge is 0.0702 e. The summed E-state index contributed by atoms with van der Waals surface area (Å²) in [6.45, 7) is 9.44. The molecule has 0 aromatic carbocycles. The van der Waals surface area contributed by atoms with E-state index >= 15 is 0 Å². The first-order valence-electron chi connectivity index (χ1n) is 7.87. The molecule has 0 radical (unpaired) electrons. The van der Waals surface area contributed by atoms with E-state index < -0.39 is 0 Å². The zero-order chi connectivity index (χ0) is 12.4. The molecule has 1 aliphatic carbocycles. The first-order valence-corrected chi connectivity index (χ1v) is 7.87. The monoisotopic (exact) mass is 252 g/mol. The Balaban J connectivity index is 1.46. The van der Waals surface area contributed by atoms with E-state index in [4.69, 9.17) is 4.74 Å². The molecule has 3 nitrogen and oxygen atoms in total. The number of ether oxygens (including phenoxy) is 1. The highest BCUT2D eigenvalue weighted by Gasteiger charge is 2.53. The van der Waals surface area contributed by atoms with Crippen LogP contribution in [0, 0.1) is 11.3 Å². The molecule has 3 fully saturated rings. The van der Waals surface area contributed by atoms with Crippen LogP contribution in [0.4, 0.5) is 0 Å². The minimum Gasteiger partial charge on any atom is -0.377 e. The molecule has 0 bridgehead atoms. The summed E-state index contributed by atoms with van der Waals surface area (Å²) in [7, 11) is 0. The van der Waals surface area contributed by atoms with Crippen LogP contribution in [0.15, 0.2) is 0 Å². The molecule has 0 aromatic rings. The largest absolute Gasteiger partial charge is 0.377 e. The summed E-state index contributed by atoms with van der Waals surface area (Å²) in [5.41, 5.74) is 0.731. The van der Waals surface area contributed by atoms with Crippen LogP contribution in [-0.2, 0) is 4.74 Å². The van der Waals surface area contributed by atoms with Crippen molar-refractivity contribution in [2.75, 3.05) is 39.3 Å². The van der Waals surface area contributed by atoms with Crippen LogP contribution in [0.1, 0.15) is 39.0 Å². The van der Waals surface area contributed by atoms with Crippen LogP contribution < -0.4 is 5.32 Å². The number of likely N-dealkylation sites (N-methyl/N-ethyl adjacent to an activating group) is 1. The summed E-state index contributed by atoms with van der Waals surface area (Å²) in [5.74, 6) is 0.973. The molecule has 1 spiro atoms. The fraction of sp³-hybridized carbons (Fsp3) is 1.00. The van der Waals surface area contributed by atoms with Gasteiger partial charge in [-0.05, 0) is 63.1 Å². The van der Waals surface area contributed by atoms with E-state index in [1.807, 2.05) is 0 Å². The van der Waals surface area contributed by atoms with Gasteiger partial charge in [-0.1, -0.05) is 6.92 Å². The van der Waals surface area contributed by atoms with Crippen LogP contribution in [0.2, 0.25) is 0 Å². The predicted molar refractivity (Wildman–Crippen MR) is 73.7 cm³/mol. The van der Waals surface area contributed by atoms with Crippen molar-refractivity contribution in [2.24, 2.45) is 11.3 Å². The summed E-state index contributed by atoms with van der Waals surface area (Å²) in [5, 5.41) is 3.49. The molecule has 1 saturated carbocycles. The molecule has 3 aliphatic rings. The molecule has 0 amide bonds. The van der Waals surface area contributed by atoms with Gasteiger partial charge in [0.2, 0.25) is 0 Å². The number of hydrogen-bond acceptors (Lipinski definition) is 3. The fourth-order valence-electron chi connectivity index (χ4n) is 3.95. The van der Waals surface area contributed by atoms with Gasteiger partial charge in [0, 0.05) is 19.7 Å². The summed E-state index contributed by atoms with van der Waals surface area (Å²) in [6, 6.07) is 0. The van der Waals surface area contributed by atoms with Gasteiger partial charge in [-0.2, -0.15) is 0 Å². The molecular weight excluding hydrogens is 224 g/mol. The van der Waals surface area contributed by atoms with Crippen molar-refractivity contribution in [3.05, 3.63) is 0 Å². The second-order valence-corrected chi connectivity index (χ2v) is 6.50. The highest BCUT2D eigenvalue weighted by Crippen LogP contribution is 2.58. The van der Waals surface area contributed by atoms with Gasteiger partial charge in [0.1, 0.15) is 0 Å². The van der Waals surface area contributed by atoms with Crippen LogP contribution in [0.25, 0.3) is 0 Å². The molecule has 2 heterocycles. The summed E-state index contributed by atoms with van der Waals surface area (Å²) in [6.07, 6.45) is 7.37. The van der Waals surface area contributed by atoms with E-state index in [0.29, 0.717) is 6.10 Å². The molecule has 2 saturated heterocycles. The Kier molecular flexibility index (Phi) is 3.92. The molecule has 2 unspecified atom stereocenters. The van der Waals surface area contributed by atoms with Gasteiger partial charge < -0.3 is 15.0 Å². The summed E-state index contributed by atoms with van der Waals surface area (Å²) >= 11 is 0. The first kappa shape index (κ1) is 12.9. The molecular formula is C15H28N2O. The minimum atomic E-state index is 0.521. The molecule has 2 atom stereocenters. The standard InChI is InChI=1S/C15H28N2O/c1-2-17(12-14-4-3-9-18-14)11-13-10-15(13)5-7-16-8-6-15/h13-14,16H,2-12H2,1H3. The van der Waals surface area contributed by atoms with E-state index in [0.717, 1.165) is 17.9 Å². The third kappa shape index (κ3) is 2.73. The Bertz CT molecular complexity index is 270. The molecule has 18 heavy (non-hydrogen) atoms. The van der Waals surface area contributed by atoms with Gasteiger partial charge in [-0.15, -0.1) is 0 Å². The maximum atomic E-state index is 5.77. The highest BCUT2D eigenvalue weighted by molar-refractivity contribution is 5.05. The van der Waals surface area contributed by atoms with Crippen LogP contribution in [-0.4, -0.2) is 50.3 Å². The lowest BCUT2D eigenvalue weighted by atomic mass is 9.92. The lowest BCUT2D eigenvalue weighted by molar-refractivity contribution is 0.0713. The van der Waals surface area contributed by atoms with Crippen molar-refractivity contribution >= 4 is 0 Å². The molecule has 2 aliphatic heterocycles. The first-order chi connectivity index (χ1) is 8.82. The Morgan fingerprint density at radius 2 is 2.11 bits per heavy atom. The van der Waals surface area contributed by atoms with Gasteiger partial charge in [0.25, 0.3) is 0 Å². The van der Waals surface area contributed by atoms with Gasteiger partial charge in [-0.25, -0.2) is 0 Å². The van der Waals surface area contributed by atoms with E-state index in [1.165, 1.54) is 64.8 Å². The number of hydrogen-bond donors (Lipinski definition) is 1.